The Hall–Kier alpha value is -1.08. The number of rotatable bonds is 4. The Morgan fingerprint density at radius 3 is 3.15 bits per heavy atom. The fraction of sp³-hybridized carbons (Fsp3) is 0.500. The molecule has 0 atom stereocenters. The Bertz CT molecular complexity index is 288. The van der Waals surface area contributed by atoms with Gasteiger partial charge in [0.25, 0.3) is 0 Å². The summed E-state index contributed by atoms with van der Waals surface area (Å²) in [7, 11) is 0. The van der Waals surface area contributed by atoms with Crippen LogP contribution < -0.4 is 5.32 Å². The molecule has 0 radical (unpaired) electrons. The molecule has 0 bridgehead atoms. The summed E-state index contributed by atoms with van der Waals surface area (Å²) in [6, 6.07) is 0. The van der Waals surface area contributed by atoms with Gasteiger partial charge in [-0.2, -0.15) is 4.98 Å². The molecular weight excluding hydrogens is 192 g/mol. The third-order valence-corrected chi connectivity index (χ3v) is 1.91. The Morgan fingerprint density at radius 1 is 1.77 bits per heavy atom. The molecule has 0 spiro atoms. The summed E-state index contributed by atoms with van der Waals surface area (Å²) in [6.45, 7) is 1.47. The van der Waals surface area contributed by atoms with Gasteiger partial charge in [-0.1, -0.05) is 11.8 Å². The summed E-state index contributed by atoms with van der Waals surface area (Å²) in [5.41, 5.74) is 0. The minimum Gasteiger partial charge on any atom is -0.396 e. The SMILES string of the molecule is CC(=O)Nc1nc(SCCO)n[nH]1. The number of amides is 1. The van der Waals surface area contributed by atoms with Crippen molar-refractivity contribution in [2.24, 2.45) is 0 Å². The molecule has 0 saturated heterocycles. The van der Waals surface area contributed by atoms with Gasteiger partial charge in [0.15, 0.2) is 0 Å². The fourth-order valence-corrected chi connectivity index (χ4v) is 1.21. The summed E-state index contributed by atoms with van der Waals surface area (Å²) in [5.74, 6) is 0.667. The molecule has 0 aliphatic carbocycles. The highest BCUT2D eigenvalue weighted by Crippen LogP contribution is 2.12. The number of nitrogens with one attached hydrogen (secondary N) is 2. The molecule has 3 N–H and O–H groups in total. The second-order valence-corrected chi connectivity index (χ2v) is 3.28. The molecule has 7 heteroatoms. The number of nitrogens with zero attached hydrogens (tertiary/aromatic N) is 2. The lowest BCUT2D eigenvalue weighted by Crippen LogP contribution is -2.06. The van der Waals surface area contributed by atoms with Crippen LogP contribution in [0.4, 0.5) is 5.95 Å². The minimum absolute atomic E-state index is 0.0781. The maximum atomic E-state index is 10.6. The molecule has 1 aromatic heterocycles. The predicted molar refractivity (Wildman–Crippen MR) is 48.5 cm³/mol. The minimum atomic E-state index is -0.199. The third-order valence-electron chi connectivity index (χ3n) is 1.08. The zero-order valence-electron chi connectivity index (χ0n) is 7.07. The van der Waals surface area contributed by atoms with Crippen molar-refractivity contribution >= 4 is 23.6 Å². The van der Waals surface area contributed by atoms with E-state index in [1.807, 2.05) is 0 Å². The predicted octanol–water partition coefficient (Wildman–Crippen LogP) is -0.153. The van der Waals surface area contributed by atoms with E-state index in [-0.39, 0.29) is 12.5 Å². The number of aromatic amines is 1. The van der Waals surface area contributed by atoms with Crippen LogP contribution in [-0.4, -0.2) is 38.6 Å². The van der Waals surface area contributed by atoms with Crippen LogP contribution in [0.25, 0.3) is 0 Å². The third kappa shape index (κ3) is 3.43. The molecule has 1 aromatic rings. The van der Waals surface area contributed by atoms with Gasteiger partial charge in [-0.3, -0.25) is 10.1 Å². The number of carbonyl (C=O) groups excluding carboxylic acids is 1. The van der Waals surface area contributed by atoms with Crippen molar-refractivity contribution < 1.29 is 9.90 Å². The Balaban J connectivity index is 2.48. The van der Waals surface area contributed by atoms with E-state index in [4.69, 9.17) is 5.11 Å². The first-order valence-corrected chi connectivity index (χ1v) is 4.64. The van der Waals surface area contributed by atoms with Crippen LogP contribution in [-0.2, 0) is 4.79 Å². The van der Waals surface area contributed by atoms with Crippen LogP contribution in [0.15, 0.2) is 5.16 Å². The number of anilines is 1. The van der Waals surface area contributed by atoms with Gasteiger partial charge in [-0.05, 0) is 0 Å². The van der Waals surface area contributed by atoms with Gasteiger partial charge in [0.05, 0.1) is 6.61 Å². The van der Waals surface area contributed by atoms with Crippen LogP contribution in [0, 0.1) is 0 Å². The molecule has 13 heavy (non-hydrogen) atoms. The van der Waals surface area contributed by atoms with Gasteiger partial charge >= 0.3 is 0 Å². The molecule has 0 aliphatic rings. The molecule has 0 saturated carbocycles. The van der Waals surface area contributed by atoms with E-state index in [1.54, 1.807) is 0 Å². The first kappa shape index (κ1) is 10.0. The van der Waals surface area contributed by atoms with E-state index in [2.05, 4.69) is 20.5 Å². The summed E-state index contributed by atoms with van der Waals surface area (Å²) < 4.78 is 0. The van der Waals surface area contributed by atoms with Crippen molar-refractivity contribution in [3.63, 3.8) is 0 Å². The summed E-state index contributed by atoms with van der Waals surface area (Å²) >= 11 is 1.31. The molecule has 0 aliphatic heterocycles. The van der Waals surface area contributed by atoms with Gasteiger partial charge < -0.3 is 5.11 Å². The molecular formula is C6H10N4O2S. The topological polar surface area (TPSA) is 90.9 Å². The molecule has 1 amide bonds. The number of H-pyrrole nitrogens is 1. The molecule has 1 heterocycles. The Kier molecular flexibility index (Phi) is 3.71. The highest BCUT2D eigenvalue weighted by Gasteiger charge is 2.03. The largest absolute Gasteiger partial charge is 0.396 e. The highest BCUT2D eigenvalue weighted by atomic mass is 32.2. The van der Waals surface area contributed by atoms with E-state index in [0.29, 0.717) is 16.9 Å². The van der Waals surface area contributed by atoms with Gasteiger partial charge in [0.2, 0.25) is 17.0 Å². The van der Waals surface area contributed by atoms with Crippen LogP contribution in [0.1, 0.15) is 6.92 Å². The Labute approximate surface area is 79.1 Å². The normalized spacial score (nSPS) is 10.0. The van der Waals surface area contributed by atoms with Crippen molar-refractivity contribution in [2.75, 3.05) is 17.7 Å². The van der Waals surface area contributed by atoms with Crippen LogP contribution in [0.5, 0.6) is 0 Å². The van der Waals surface area contributed by atoms with Crippen LogP contribution >= 0.6 is 11.8 Å². The molecule has 0 unspecified atom stereocenters. The van der Waals surface area contributed by atoms with Gasteiger partial charge in [0.1, 0.15) is 0 Å². The van der Waals surface area contributed by atoms with E-state index < -0.39 is 0 Å². The molecule has 6 nitrogen and oxygen atoms in total. The standard InChI is InChI=1S/C6H10N4O2S/c1-4(12)7-5-8-6(10-9-5)13-3-2-11/h11H,2-3H2,1H3,(H2,7,8,9,10,12). The average molecular weight is 202 g/mol. The first-order valence-electron chi connectivity index (χ1n) is 3.66. The van der Waals surface area contributed by atoms with E-state index in [0.717, 1.165) is 0 Å². The summed E-state index contributed by atoms with van der Waals surface area (Å²) in [4.78, 5) is 14.5. The lowest BCUT2D eigenvalue weighted by atomic mass is 10.7. The highest BCUT2D eigenvalue weighted by molar-refractivity contribution is 7.99. The Morgan fingerprint density at radius 2 is 2.54 bits per heavy atom. The lowest BCUT2D eigenvalue weighted by Gasteiger charge is -1.92. The van der Waals surface area contributed by atoms with Crippen molar-refractivity contribution in [1.29, 1.82) is 0 Å². The summed E-state index contributed by atoms with van der Waals surface area (Å²) in [5, 5.41) is 17.9. The molecule has 1 rings (SSSR count). The van der Waals surface area contributed by atoms with Crippen molar-refractivity contribution in [1.82, 2.24) is 15.2 Å². The van der Waals surface area contributed by atoms with Crippen LogP contribution in [0.3, 0.4) is 0 Å². The first-order chi connectivity index (χ1) is 6.22. The second kappa shape index (κ2) is 4.83. The fourth-order valence-electron chi connectivity index (χ4n) is 0.671. The number of thioether (sulfide) groups is 1. The monoisotopic (exact) mass is 202 g/mol. The van der Waals surface area contributed by atoms with Crippen molar-refractivity contribution in [3.05, 3.63) is 0 Å². The summed E-state index contributed by atoms with van der Waals surface area (Å²) in [6.07, 6.45) is 0. The van der Waals surface area contributed by atoms with E-state index >= 15 is 0 Å². The number of carbonyl (C=O) groups is 1. The van der Waals surface area contributed by atoms with Gasteiger partial charge in [-0.15, -0.1) is 5.10 Å². The van der Waals surface area contributed by atoms with E-state index in [1.165, 1.54) is 18.7 Å². The molecule has 72 valence electrons. The van der Waals surface area contributed by atoms with Crippen molar-refractivity contribution in [2.45, 2.75) is 12.1 Å². The molecule has 0 aromatic carbocycles. The van der Waals surface area contributed by atoms with Crippen LogP contribution in [0.2, 0.25) is 0 Å². The van der Waals surface area contributed by atoms with Crippen molar-refractivity contribution in [3.8, 4) is 0 Å². The number of hydrogen-bond acceptors (Lipinski definition) is 5. The average Bonchev–Trinajstić information content (AvgIpc) is 2.48. The molecule has 0 fully saturated rings. The second-order valence-electron chi connectivity index (χ2n) is 2.22. The van der Waals surface area contributed by atoms with E-state index in [9.17, 15) is 4.79 Å². The zero-order chi connectivity index (χ0) is 9.68. The lowest BCUT2D eigenvalue weighted by molar-refractivity contribution is -0.114. The smallest absolute Gasteiger partial charge is 0.226 e. The quantitative estimate of drug-likeness (QED) is 0.590. The number of aliphatic hydroxyl groups is 1. The van der Waals surface area contributed by atoms with Gasteiger partial charge in [0, 0.05) is 12.7 Å². The van der Waals surface area contributed by atoms with Gasteiger partial charge in [-0.25, -0.2) is 5.10 Å². The maximum Gasteiger partial charge on any atom is 0.226 e. The number of aromatic nitrogens is 3. The number of hydrogen-bond donors (Lipinski definition) is 3. The number of aliphatic hydroxyl groups excluding tert-OH is 1. The zero-order valence-corrected chi connectivity index (χ0v) is 7.89. The maximum absolute atomic E-state index is 10.6.